The van der Waals surface area contributed by atoms with Crippen LogP contribution in [0.1, 0.15) is 26.2 Å². The number of hydrogen-bond donors (Lipinski definition) is 4. The molecule has 1 heterocycles. The quantitative estimate of drug-likeness (QED) is 0.494. The molecule has 118 valence electrons. The second-order valence-electron chi connectivity index (χ2n) is 4.66. The number of aliphatic carboxylic acids is 1. The summed E-state index contributed by atoms with van der Waals surface area (Å²) in [5.41, 5.74) is -1.79. The van der Waals surface area contributed by atoms with E-state index in [2.05, 4.69) is 9.71 Å². The van der Waals surface area contributed by atoms with Crippen molar-refractivity contribution in [1.82, 2.24) is 14.7 Å². The van der Waals surface area contributed by atoms with Gasteiger partial charge in [0.2, 0.25) is 10.0 Å². The van der Waals surface area contributed by atoms with Gasteiger partial charge in [-0.15, -0.1) is 0 Å². The largest absolute Gasteiger partial charge is 0.481 e. The van der Waals surface area contributed by atoms with Crippen molar-refractivity contribution in [3.8, 4) is 0 Å². The van der Waals surface area contributed by atoms with E-state index in [9.17, 15) is 22.8 Å². The molecule has 0 aliphatic rings. The van der Waals surface area contributed by atoms with E-state index in [0.717, 1.165) is 6.20 Å². The Labute approximate surface area is 120 Å². The second kappa shape index (κ2) is 7.18. The van der Waals surface area contributed by atoms with Gasteiger partial charge < -0.3 is 10.1 Å². The molecule has 0 saturated carbocycles. The van der Waals surface area contributed by atoms with Gasteiger partial charge in [-0.05, 0) is 18.8 Å². The summed E-state index contributed by atoms with van der Waals surface area (Å²) in [6.45, 7) is 1.88. The molecule has 0 radical (unpaired) electrons. The van der Waals surface area contributed by atoms with E-state index in [-0.39, 0.29) is 18.9 Å². The van der Waals surface area contributed by atoms with Gasteiger partial charge in [0.15, 0.2) is 4.90 Å². The van der Waals surface area contributed by atoms with Crippen LogP contribution in [0, 0.1) is 5.92 Å². The van der Waals surface area contributed by atoms with Crippen LogP contribution in [0.4, 0.5) is 0 Å². The van der Waals surface area contributed by atoms with Gasteiger partial charge in [-0.2, -0.15) is 0 Å². The van der Waals surface area contributed by atoms with Crippen LogP contribution in [0.2, 0.25) is 0 Å². The van der Waals surface area contributed by atoms with Crippen LogP contribution >= 0.6 is 0 Å². The number of sulfonamides is 1. The number of hydrogen-bond acceptors (Lipinski definition) is 5. The van der Waals surface area contributed by atoms with Crippen LogP contribution in [0.25, 0.3) is 0 Å². The van der Waals surface area contributed by atoms with Crippen LogP contribution in [0.3, 0.4) is 0 Å². The predicted molar refractivity (Wildman–Crippen MR) is 73.5 cm³/mol. The van der Waals surface area contributed by atoms with E-state index in [1.165, 1.54) is 0 Å². The molecule has 0 amide bonds. The zero-order valence-corrected chi connectivity index (χ0v) is 12.2. The molecule has 0 aliphatic carbocycles. The molecule has 0 spiro atoms. The van der Waals surface area contributed by atoms with E-state index < -0.39 is 32.1 Å². The lowest BCUT2D eigenvalue weighted by molar-refractivity contribution is -0.137. The van der Waals surface area contributed by atoms with E-state index in [1.54, 1.807) is 0 Å². The summed E-state index contributed by atoms with van der Waals surface area (Å²) in [5.74, 6) is -0.875. The second-order valence-corrected chi connectivity index (χ2v) is 6.40. The highest BCUT2D eigenvalue weighted by Crippen LogP contribution is 2.10. The maximum absolute atomic E-state index is 11.9. The van der Waals surface area contributed by atoms with Gasteiger partial charge in [-0.25, -0.2) is 17.9 Å². The highest BCUT2D eigenvalue weighted by molar-refractivity contribution is 7.89. The minimum absolute atomic E-state index is 0.0213. The summed E-state index contributed by atoms with van der Waals surface area (Å²) in [7, 11) is -4.01. The minimum Gasteiger partial charge on any atom is -0.481 e. The van der Waals surface area contributed by atoms with Crippen LogP contribution in [-0.2, 0) is 14.8 Å². The smallest absolute Gasteiger partial charge is 0.325 e. The first-order valence-electron chi connectivity index (χ1n) is 6.26. The Morgan fingerprint density at radius 3 is 2.62 bits per heavy atom. The zero-order chi connectivity index (χ0) is 16.0. The maximum Gasteiger partial charge on any atom is 0.325 e. The Kier molecular flexibility index (Phi) is 5.85. The van der Waals surface area contributed by atoms with Crippen molar-refractivity contribution in [2.45, 2.75) is 31.1 Å². The Bertz CT molecular complexity index is 705. The average Bonchev–Trinajstić information content (AvgIpc) is 2.35. The summed E-state index contributed by atoms with van der Waals surface area (Å²) in [6, 6.07) is 0. The van der Waals surface area contributed by atoms with Crippen molar-refractivity contribution in [3.63, 3.8) is 0 Å². The van der Waals surface area contributed by atoms with Gasteiger partial charge in [0.05, 0.1) is 0 Å². The molecular weight excluding hydrogens is 302 g/mol. The number of rotatable bonds is 8. The van der Waals surface area contributed by atoms with Crippen LogP contribution in [-0.4, -0.2) is 36.0 Å². The minimum atomic E-state index is -4.01. The lowest BCUT2D eigenvalue weighted by Gasteiger charge is -2.10. The lowest BCUT2D eigenvalue weighted by Crippen LogP contribution is -2.33. The zero-order valence-electron chi connectivity index (χ0n) is 11.4. The third-order valence-corrected chi connectivity index (χ3v) is 4.32. The Balaban J connectivity index is 2.60. The molecule has 1 aromatic heterocycles. The van der Waals surface area contributed by atoms with Crippen molar-refractivity contribution >= 4 is 16.0 Å². The fourth-order valence-electron chi connectivity index (χ4n) is 1.63. The molecule has 0 fully saturated rings. The monoisotopic (exact) mass is 319 g/mol. The van der Waals surface area contributed by atoms with E-state index in [1.807, 2.05) is 11.9 Å². The molecule has 0 bridgehead atoms. The number of aromatic nitrogens is 2. The van der Waals surface area contributed by atoms with Crippen molar-refractivity contribution in [3.05, 3.63) is 27.0 Å². The van der Waals surface area contributed by atoms with Gasteiger partial charge in [-0.1, -0.05) is 6.92 Å². The van der Waals surface area contributed by atoms with Crippen molar-refractivity contribution in [2.75, 3.05) is 6.54 Å². The number of H-pyrrole nitrogens is 2. The Morgan fingerprint density at radius 2 is 2.05 bits per heavy atom. The van der Waals surface area contributed by atoms with Gasteiger partial charge in [-0.3, -0.25) is 14.6 Å². The topological polar surface area (TPSA) is 149 Å². The Morgan fingerprint density at radius 1 is 1.38 bits per heavy atom. The van der Waals surface area contributed by atoms with Crippen molar-refractivity contribution in [2.24, 2.45) is 5.92 Å². The summed E-state index contributed by atoms with van der Waals surface area (Å²) in [5, 5.41) is 8.54. The fourth-order valence-corrected chi connectivity index (χ4v) is 2.68. The summed E-state index contributed by atoms with van der Waals surface area (Å²) in [4.78, 5) is 36.0. The van der Waals surface area contributed by atoms with E-state index in [0.29, 0.717) is 12.8 Å². The molecule has 4 N–H and O–H groups in total. The molecule has 10 heteroatoms. The third-order valence-electron chi connectivity index (χ3n) is 2.85. The van der Waals surface area contributed by atoms with Gasteiger partial charge in [0, 0.05) is 19.2 Å². The summed E-state index contributed by atoms with van der Waals surface area (Å²) >= 11 is 0. The first-order valence-corrected chi connectivity index (χ1v) is 7.74. The first kappa shape index (κ1) is 17.1. The molecule has 0 aliphatic heterocycles. The molecule has 0 aromatic carbocycles. The fraction of sp³-hybridized carbons (Fsp3) is 0.545. The number of nitrogens with one attached hydrogen (secondary N) is 3. The number of carboxylic acids is 1. The highest BCUT2D eigenvalue weighted by atomic mass is 32.2. The molecular formula is C11H17N3O6S. The van der Waals surface area contributed by atoms with Gasteiger partial charge in [0.1, 0.15) is 0 Å². The molecule has 9 nitrogen and oxygen atoms in total. The normalized spacial score (nSPS) is 13.0. The third kappa shape index (κ3) is 5.52. The number of aromatic amines is 2. The number of carbonyl (C=O) groups is 1. The molecule has 1 atom stereocenters. The molecule has 1 aromatic rings. The van der Waals surface area contributed by atoms with E-state index in [4.69, 9.17) is 5.11 Å². The van der Waals surface area contributed by atoms with Crippen LogP contribution in [0.5, 0.6) is 0 Å². The SMILES string of the molecule is CC(CCNS(=O)(=O)c1c[nH]c(=O)[nH]c1=O)CCC(=O)O. The van der Waals surface area contributed by atoms with Crippen molar-refractivity contribution in [1.29, 1.82) is 0 Å². The predicted octanol–water partition coefficient (Wildman–Crippen LogP) is -0.767. The van der Waals surface area contributed by atoms with Gasteiger partial charge in [0.25, 0.3) is 5.56 Å². The molecule has 1 unspecified atom stereocenters. The number of carboxylic acid groups (broad SMARTS) is 1. The average molecular weight is 319 g/mol. The molecule has 1 rings (SSSR count). The van der Waals surface area contributed by atoms with Crippen LogP contribution < -0.4 is 16.0 Å². The summed E-state index contributed by atoms with van der Waals surface area (Å²) in [6.07, 6.45) is 1.73. The van der Waals surface area contributed by atoms with Crippen LogP contribution in [0.15, 0.2) is 20.7 Å². The molecule has 0 saturated heterocycles. The van der Waals surface area contributed by atoms with Gasteiger partial charge >= 0.3 is 11.7 Å². The molecule has 21 heavy (non-hydrogen) atoms. The van der Waals surface area contributed by atoms with Crippen molar-refractivity contribution < 1.29 is 18.3 Å². The summed E-state index contributed by atoms with van der Waals surface area (Å²) < 4.78 is 26.0. The Hall–Kier alpha value is -1.94. The standard InChI is InChI=1S/C11H17N3O6S/c1-7(2-3-9(15)16)4-5-13-21(19,20)8-6-12-11(18)14-10(8)17/h6-7,13H,2-5H2,1H3,(H,15,16)(H2,12,14,17,18). The van der Waals surface area contributed by atoms with E-state index >= 15 is 0 Å². The first-order chi connectivity index (χ1) is 9.72. The highest BCUT2D eigenvalue weighted by Gasteiger charge is 2.18. The lowest BCUT2D eigenvalue weighted by atomic mass is 10.0. The maximum atomic E-state index is 11.9.